The van der Waals surface area contributed by atoms with Gasteiger partial charge in [-0.15, -0.1) is 0 Å². The molecule has 1 aromatic carbocycles. The van der Waals surface area contributed by atoms with Gasteiger partial charge in [-0.05, 0) is 37.1 Å². The largest absolute Gasteiger partial charge is 0.399 e. The van der Waals surface area contributed by atoms with Crippen LogP contribution in [0.25, 0.3) is 0 Å². The van der Waals surface area contributed by atoms with Gasteiger partial charge in [0, 0.05) is 30.4 Å². The quantitative estimate of drug-likeness (QED) is 0.790. The van der Waals surface area contributed by atoms with E-state index in [1.807, 2.05) is 24.3 Å². The number of hydrogen-bond donors (Lipinski definition) is 2. The van der Waals surface area contributed by atoms with Crippen LogP contribution in [0, 0.1) is 5.92 Å². The molecule has 3 nitrogen and oxygen atoms in total. The molecule has 0 amide bonds. The van der Waals surface area contributed by atoms with Crippen LogP contribution in [0.15, 0.2) is 24.3 Å². The van der Waals surface area contributed by atoms with E-state index in [1.54, 1.807) is 0 Å². The van der Waals surface area contributed by atoms with Crippen LogP contribution in [-0.4, -0.2) is 31.0 Å². The van der Waals surface area contributed by atoms with E-state index in [9.17, 15) is 9.50 Å². The molecule has 94 valence electrons. The van der Waals surface area contributed by atoms with Crippen LogP contribution in [0.2, 0.25) is 0 Å². The summed E-state index contributed by atoms with van der Waals surface area (Å²) in [5.74, 6) is 0.0336. The van der Waals surface area contributed by atoms with Crippen molar-refractivity contribution in [2.45, 2.75) is 18.9 Å². The molecule has 2 rings (SSSR count). The van der Waals surface area contributed by atoms with E-state index >= 15 is 0 Å². The Morgan fingerprint density at radius 2 is 2.06 bits per heavy atom. The standard InChI is InChI=1S/C13H19FN2O/c14-7-5-10-9-16(8-6-13(10)17)12-3-1-11(15)2-4-12/h1-4,10,13,17H,5-9,15H2/t10-,13-/m0/s1. The minimum absolute atomic E-state index is 0.0336. The molecule has 0 unspecified atom stereocenters. The van der Waals surface area contributed by atoms with E-state index in [4.69, 9.17) is 5.73 Å². The highest BCUT2D eigenvalue weighted by Gasteiger charge is 2.27. The molecular formula is C13H19FN2O. The van der Waals surface area contributed by atoms with Gasteiger partial charge in [0.1, 0.15) is 0 Å². The van der Waals surface area contributed by atoms with Crippen LogP contribution in [0.1, 0.15) is 12.8 Å². The number of aliphatic hydroxyl groups is 1. The third-order valence-electron chi connectivity index (χ3n) is 3.43. The molecule has 1 aromatic rings. The van der Waals surface area contributed by atoms with Crippen LogP contribution in [0.3, 0.4) is 0 Å². The van der Waals surface area contributed by atoms with E-state index < -0.39 is 0 Å². The van der Waals surface area contributed by atoms with Crippen molar-refractivity contribution in [2.24, 2.45) is 5.92 Å². The van der Waals surface area contributed by atoms with Crippen LogP contribution in [0.4, 0.5) is 15.8 Å². The SMILES string of the molecule is Nc1ccc(N2CC[C@H](O)[C@@H](CCF)C2)cc1. The first-order chi connectivity index (χ1) is 8.20. The maximum atomic E-state index is 12.4. The second-order valence-corrected chi connectivity index (χ2v) is 4.63. The van der Waals surface area contributed by atoms with Gasteiger partial charge in [-0.25, -0.2) is 0 Å². The molecule has 0 aromatic heterocycles. The van der Waals surface area contributed by atoms with Gasteiger partial charge in [0.25, 0.3) is 0 Å². The van der Waals surface area contributed by atoms with Crippen molar-refractivity contribution in [1.82, 2.24) is 0 Å². The molecule has 2 atom stereocenters. The summed E-state index contributed by atoms with van der Waals surface area (Å²) >= 11 is 0. The monoisotopic (exact) mass is 238 g/mol. The molecule has 0 radical (unpaired) electrons. The summed E-state index contributed by atoms with van der Waals surface area (Å²) < 4.78 is 12.4. The molecule has 1 aliphatic rings. The lowest BCUT2D eigenvalue weighted by atomic mass is 9.92. The van der Waals surface area contributed by atoms with Gasteiger partial charge in [0.15, 0.2) is 0 Å². The van der Waals surface area contributed by atoms with Gasteiger partial charge < -0.3 is 15.7 Å². The number of halogens is 1. The minimum atomic E-state index is -0.365. The number of hydrogen-bond acceptors (Lipinski definition) is 3. The molecule has 17 heavy (non-hydrogen) atoms. The zero-order valence-electron chi connectivity index (χ0n) is 9.85. The normalized spacial score (nSPS) is 24.9. The highest BCUT2D eigenvalue weighted by atomic mass is 19.1. The summed E-state index contributed by atoms with van der Waals surface area (Å²) in [6, 6.07) is 7.67. The first-order valence-corrected chi connectivity index (χ1v) is 6.05. The lowest BCUT2D eigenvalue weighted by Crippen LogP contribution is -2.43. The van der Waals surface area contributed by atoms with Crippen LogP contribution >= 0.6 is 0 Å². The highest BCUT2D eigenvalue weighted by molar-refractivity contribution is 5.53. The molecular weight excluding hydrogens is 219 g/mol. The van der Waals surface area contributed by atoms with Crippen molar-refractivity contribution < 1.29 is 9.50 Å². The summed E-state index contributed by atoms with van der Waals surface area (Å²) in [6.07, 6.45) is 0.776. The molecule has 1 heterocycles. The summed E-state index contributed by atoms with van der Waals surface area (Å²) in [5.41, 5.74) is 7.48. The molecule has 1 fully saturated rings. The zero-order valence-corrected chi connectivity index (χ0v) is 9.85. The predicted molar refractivity (Wildman–Crippen MR) is 67.8 cm³/mol. The first-order valence-electron chi connectivity index (χ1n) is 6.05. The number of alkyl halides is 1. The number of aliphatic hydroxyl groups excluding tert-OH is 1. The average molecular weight is 238 g/mol. The number of anilines is 2. The Morgan fingerprint density at radius 3 is 2.71 bits per heavy atom. The summed E-state index contributed by atoms with van der Waals surface area (Å²) in [7, 11) is 0. The van der Waals surface area contributed by atoms with Gasteiger partial charge in [0.05, 0.1) is 12.8 Å². The number of nitrogens with zero attached hydrogens (tertiary/aromatic N) is 1. The molecule has 0 spiro atoms. The first kappa shape index (κ1) is 12.2. The molecule has 3 N–H and O–H groups in total. The van der Waals surface area contributed by atoms with E-state index in [2.05, 4.69) is 4.90 Å². The van der Waals surface area contributed by atoms with Crippen LogP contribution in [0.5, 0.6) is 0 Å². The summed E-state index contributed by atoms with van der Waals surface area (Å²) in [4.78, 5) is 2.19. The van der Waals surface area contributed by atoms with E-state index in [1.165, 1.54) is 0 Å². The fraction of sp³-hybridized carbons (Fsp3) is 0.538. The maximum Gasteiger partial charge on any atom is 0.0898 e. The zero-order chi connectivity index (χ0) is 12.3. The van der Waals surface area contributed by atoms with Gasteiger partial charge >= 0.3 is 0 Å². The highest BCUT2D eigenvalue weighted by Crippen LogP contribution is 2.26. The fourth-order valence-corrected chi connectivity index (χ4v) is 2.36. The number of nitrogen functional groups attached to an aromatic ring is 1. The molecule has 4 heteroatoms. The smallest absolute Gasteiger partial charge is 0.0898 e. The summed E-state index contributed by atoms with van der Waals surface area (Å²) in [5, 5.41) is 9.80. The number of piperidine rings is 1. The van der Waals surface area contributed by atoms with Crippen molar-refractivity contribution in [1.29, 1.82) is 0 Å². The second-order valence-electron chi connectivity index (χ2n) is 4.63. The van der Waals surface area contributed by atoms with E-state index in [0.29, 0.717) is 12.8 Å². The topological polar surface area (TPSA) is 49.5 Å². The van der Waals surface area contributed by atoms with Crippen LogP contribution in [-0.2, 0) is 0 Å². The molecule has 0 bridgehead atoms. The third-order valence-corrected chi connectivity index (χ3v) is 3.43. The molecule has 1 saturated heterocycles. The van der Waals surface area contributed by atoms with E-state index in [-0.39, 0.29) is 18.7 Å². The van der Waals surface area contributed by atoms with Gasteiger partial charge in [0.2, 0.25) is 0 Å². The van der Waals surface area contributed by atoms with Crippen molar-refractivity contribution >= 4 is 11.4 Å². The number of benzene rings is 1. The Morgan fingerprint density at radius 1 is 1.35 bits per heavy atom. The van der Waals surface area contributed by atoms with Crippen LogP contribution < -0.4 is 10.6 Å². The molecule has 0 saturated carbocycles. The molecule has 1 aliphatic heterocycles. The Hall–Kier alpha value is -1.29. The lowest BCUT2D eigenvalue weighted by Gasteiger charge is -2.37. The summed E-state index contributed by atoms with van der Waals surface area (Å²) in [6.45, 7) is 1.17. The number of rotatable bonds is 3. The van der Waals surface area contributed by atoms with Crippen molar-refractivity contribution in [3.8, 4) is 0 Å². The van der Waals surface area contributed by atoms with Crippen molar-refractivity contribution in [3.63, 3.8) is 0 Å². The maximum absolute atomic E-state index is 12.4. The van der Waals surface area contributed by atoms with Crippen molar-refractivity contribution in [2.75, 3.05) is 30.4 Å². The van der Waals surface area contributed by atoms with Gasteiger partial charge in [-0.2, -0.15) is 0 Å². The Kier molecular flexibility index (Phi) is 3.84. The fourth-order valence-electron chi connectivity index (χ4n) is 2.36. The van der Waals surface area contributed by atoms with E-state index in [0.717, 1.165) is 24.5 Å². The Bertz CT molecular complexity index is 355. The Labute approximate surface area is 101 Å². The predicted octanol–water partition coefficient (Wildman–Crippen LogP) is 1.82. The Balaban J connectivity index is 2.04. The number of nitrogens with two attached hydrogens (primary N) is 1. The third kappa shape index (κ3) is 2.88. The van der Waals surface area contributed by atoms with Gasteiger partial charge in [-0.3, -0.25) is 4.39 Å². The van der Waals surface area contributed by atoms with Gasteiger partial charge in [-0.1, -0.05) is 0 Å². The minimum Gasteiger partial charge on any atom is -0.399 e. The van der Waals surface area contributed by atoms with Crippen molar-refractivity contribution in [3.05, 3.63) is 24.3 Å². The average Bonchev–Trinajstić information content (AvgIpc) is 2.33. The lowest BCUT2D eigenvalue weighted by molar-refractivity contribution is 0.0794. The second kappa shape index (κ2) is 5.36. The molecule has 0 aliphatic carbocycles.